The van der Waals surface area contributed by atoms with E-state index < -0.39 is 5.97 Å². The van der Waals surface area contributed by atoms with Crippen LogP contribution in [0.3, 0.4) is 0 Å². The van der Waals surface area contributed by atoms with Crippen molar-refractivity contribution in [1.29, 1.82) is 0 Å². The average molecular weight is 349 g/mol. The number of benzene rings is 1. The standard InChI is InChI=1S/C12H13FINO2/c1-2-8(12(16)17)5-6-15-11-4-3-9(13)7-10(11)14/h3-5,7,15H,2,6H2,1H3,(H,16,17)/b8-5-. The Kier molecular flexibility index (Phi) is 5.40. The van der Waals surface area contributed by atoms with Crippen molar-refractivity contribution in [1.82, 2.24) is 0 Å². The molecule has 0 fully saturated rings. The summed E-state index contributed by atoms with van der Waals surface area (Å²) >= 11 is 2.03. The molecular weight excluding hydrogens is 336 g/mol. The molecule has 0 unspecified atom stereocenters. The first-order chi connectivity index (χ1) is 8.04. The molecular formula is C12H13FINO2. The highest BCUT2D eigenvalue weighted by molar-refractivity contribution is 14.1. The second kappa shape index (κ2) is 6.58. The van der Waals surface area contributed by atoms with Crippen LogP contribution in [0.25, 0.3) is 0 Å². The summed E-state index contributed by atoms with van der Waals surface area (Å²) in [6.07, 6.45) is 2.11. The zero-order chi connectivity index (χ0) is 12.8. The van der Waals surface area contributed by atoms with Gasteiger partial charge >= 0.3 is 5.97 Å². The number of nitrogens with one attached hydrogen (secondary N) is 1. The fourth-order valence-electron chi connectivity index (χ4n) is 1.30. The maximum absolute atomic E-state index is 12.8. The Morgan fingerprint density at radius 3 is 2.82 bits per heavy atom. The number of hydrogen-bond donors (Lipinski definition) is 2. The summed E-state index contributed by atoms with van der Waals surface area (Å²) in [7, 11) is 0. The molecule has 0 spiro atoms. The summed E-state index contributed by atoms with van der Waals surface area (Å²) < 4.78 is 13.6. The number of carboxylic acid groups (broad SMARTS) is 1. The number of carboxylic acids is 1. The normalized spacial score (nSPS) is 11.4. The van der Waals surface area contributed by atoms with Gasteiger partial charge in [0, 0.05) is 21.4 Å². The number of aliphatic carboxylic acids is 1. The highest BCUT2D eigenvalue weighted by Crippen LogP contribution is 2.18. The third kappa shape index (κ3) is 4.33. The molecule has 1 aromatic carbocycles. The molecule has 0 atom stereocenters. The fourth-order valence-corrected chi connectivity index (χ4v) is 1.97. The Morgan fingerprint density at radius 2 is 2.29 bits per heavy atom. The van der Waals surface area contributed by atoms with Gasteiger partial charge in [-0.05, 0) is 47.2 Å². The number of halogens is 2. The predicted octanol–water partition coefficient (Wildman–Crippen LogP) is 3.26. The molecule has 0 saturated carbocycles. The number of rotatable bonds is 5. The summed E-state index contributed by atoms with van der Waals surface area (Å²) in [5.41, 5.74) is 1.17. The Balaban J connectivity index is 2.65. The molecule has 0 heterocycles. The molecule has 5 heteroatoms. The molecule has 0 amide bonds. The molecule has 2 N–H and O–H groups in total. The minimum atomic E-state index is -0.900. The smallest absolute Gasteiger partial charge is 0.331 e. The van der Waals surface area contributed by atoms with E-state index in [-0.39, 0.29) is 5.82 Å². The lowest BCUT2D eigenvalue weighted by molar-refractivity contribution is -0.132. The lowest BCUT2D eigenvalue weighted by Crippen LogP contribution is -2.05. The SMILES string of the molecule is CC/C(=C/CNc1ccc(F)cc1I)C(=O)O. The summed E-state index contributed by atoms with van der Waals surface area (Å²) in [5, 5.41) is 11.9. The van der Waals surface area contributed by atoms with Crippen molar-refractivity contribution in [2.75, 3.05) is 11.9 Å². The third-order valence-electron chi connectivity index (χ3n) is 2.23. The Morgan fingerprint density at radius 1 is 1.59 bits per heavy atom. The molecule has 92 valence electrons. The van der Waals surface area contributed by atoms with E-state index in [1.807, 2.05) is 22.6 Å². The van der Waals surface area contributed by atoms with Gasteiger partial charge in [0.05, 0.1) is 0 Å². The molecule has 0 saturated heterocycles. The van der Waals surface area contributed by atoms with Gasteiger partial charge in [0.2, 0.25) is 0 Å². The Labute approximate surface area is 113 Å². The van der Waals surface area contributed by atoms with Crippen LogP contribution >= 0.6 is 22.6 Å². The highest BCUT2D eigenvalue weighted by Gasteiger charge is 2.03. The van der Waals surface area contributed by atoms with Crippen molar-refractivity contribution in [3.8, 4) is 0 Å². The highest BCUT2D eigenvalue weighted by atomic mass is 127. The van der Waals surface area contributed by atoms with Crippen LogP contribution in [-0.4, -0.2) is 17.6 Å². The largest absolute Gasteiger partial charge is 0.478 e. The van der Waals surface area contributed by atoms with Crippen molar-refractivity contribution in [2.24, 2.45) is 0 Å². The van der Waals surface area contributed by atoms with Crippen molar-refractivity contribution < 1.29 is 14.3 Å². The summed E-state index contributed by atoms with van der Waals surface area (Å²) in [6, 6.07) is 4.42. The Hall–Kier alpha value is -1.11. The van der Waals surface area contributed by atoms with Crippen LogP contribution in [0.15, 0.2) is 29.8 Å². The van der Waals surface area contributed by atoms with Crippen LogP contribution in [0.5, 0.6) is 0 Å². The van der Waals surface area contributed by atoms with Crippen LogP contribution in [0.2, 0.25) is 0 Å². The van der Waals surface area contributed by atoms with Crippen LogP contribution in [0, 0.1) is 9.39 Å². The monoisotopic (exact) mass is 349 g/mol. The van der Waals surface area contributed by atoms with Crippen LogP contribution < -0.4 is 5.32 Å². The predicted molar refractivity (Wildman–Crippen MR) is 73.6 cm³/mol. The van der Waals surface area contributed by atoms with Gasteiger partial charge in [0.15, 0.2) is 0 Å². The zero-order valence-electron chi connectivity index (χ0n) is 9.34. The van der Waals surface area contributed by atoms with E-state index in [4.69, 9.17) is 5.11 Å². The Bertz CT molecular complexity index is 446. The molecule has 0 radical (unpaired) electrons. The van der Waals surface area contributed by atoms with Crippen LogP contribution in [-0.2, 0) is 4.79 Å². The van der Waals surface area contributed by atoms with E-state index >= 15 is 0 Å². The molecule has 0 aliphatic rings. The summed E-state index contributed by atoms with van der Waals surface area (Å²) in [6.45, 7) is 2.21. The number of hydrogen-bond acceptors (Lipinski definition) is 2. The van der Waals surface area contributed by atoms with Crippen LogP contribution in [0.1, 0.15) is 13.3 Å². The van der Waals surface area contributed by atoms with Crippen molar-refractivity contribution >= 4 is 34.2 Å². The molecule has 0 bridgehead atoms. The van der Waals surface area contributed by atoms with Gasteiger partial charge in [-0.15, -0.1) is 0 Å². The molecule has 17 heavy (non-hydrogen) atoms. The van der Waals surface area contributed by atoms with E-state index in [2.05, 4.69) is 5.32 Å². The minimum Gasteiger partial charge on any atom is -0.478 e. The zero-order valence-corrected chi connectivity index (χ0v) is 11.5. The van der Waals surface area contributed by atoms with E-state index in [1.54, 1.807) is 19.1 Å². The lowest BCUT2D eigenvalue weighted by Gasteiger charge is -2.06. The van der Waals surface area contributed by atoms with E-state index in [0.717, 1.165) is 9.26 Å². The molecule has 0 aromatic heterocycles. The lowest BCUT2D eigenvalue weighted by atomic mass is 10.2. The van der Waals surface area contributed by atoms with Crippen LogP contribution in [0.4, 0.5) is 10.1 Å². The second-order valence-corrected chi connectivity index (χ2v) is 4.56. The second-order valence-electron chi connectivity index (χ2n) is 3.39. The maximum atomic E-state index is 12.8. The minimum absolute atomic E-state index is 0.282. The van der Waals surface area contributed by atoms with Gasteiger partial charge in [-0.3, -0.25) is 0 Å². The maximum Gasteiger partial charge on any atom is 0.331 e. The van der Waals surface area contributed by atoms with Gasteiger partial charge in [-0.2, -0.15) is 0 Å². The van der Waals surface area contributed by atoms with Crippen molar-refractivity contribution in [3.05, 3.63) is 39.2 Å². The molecule has 0 aliphatic heterocycles. The number of carbonyl (C=O) groups is 1. The molecule has 3 nitrogen and oxygen atoms in total. The average Bonchev–Trinajstić information content (AvgIpc) is 2.26. The number of anilines is 1. The first kappa shape index (κ1) is 14.0. The van der Waals surface area contributed by atoms with E-state index in [1.165, 1.54) is 12.1 Å². The summed E-state index contributed by atoms with van der Waals surface area (Å²) in [4.78, 5) is 10.7. The molecule has 0 aliphatic carbocycles. The molecule has 1 rings (SSSR count). The summed E-state index contributed by atoms with van der Waals surface area (Å²) in [5.74, 6) is -1.18. The fraction of sp³-hybridized carbons (Fsp3) is 0.250. The molecule has 1 aromatic rings. The van der Waals surface area contributed by atoms with Gasteiger partial charge in [-0.1, -0.05) is 13.0 Å². The third-order valence-corrected chi connectivity index (χ3v) is 3.12. The topological polar surface area (TPSA) is 49.3 Å². The van der Waals surface area contributed by atoms with E-state index in [0.29, 0.717) is 18.5 Å². The van der Waals surface area contributed by atoms with E-state index in [9.17, 15) is 9.18 Å². The first-order valence-corrected chi connectivity index (χ1v) is 6.23. The van der Waals surface area contributed by atoms with Gasteiger partial charge < -0.3 is 10.4 Å². The van der Waals surface area contributed by atoms with Crippen molar-refractivity contribution in [3.63, 3.8) is 0 Å². The van der Waals surface area contributed by atoms with Crippen molar-refractivity contribution in [2.45, 2.75) is 13.3 Å². The first-order valence-electron chi connectivity index (χ1n) is 5.15. The quantitative estimate of drug-likeness (QED) is 0.634. The van der Waals surface area contributed by atoms with Gasteiger partial charge in [-0.25, -0.2) is 9.18 Å². The van der Waals surface area contributed by atoms with Gasteiger partial charge in [0.1, 0.15) is 5.82 Å². The van der Waals surface area contributed by atoms with Gasteiger partial charge in [0.25, 0.3) is 0 Å².